The molecule has 0 bridgehead atoms. The largest absolute Gasteiger partial charge is 0.422 e. The molecule has 0 saturated heterocycles. The van der Waals surface area contributed by atoms with E-state index in [-0.39, 0.29) is 5.75 Å². The van der Waals surface area contributed by atoms with Crippen molar-refractivity contribution >= 4 is 74.3 Å². The fraction of sp³-hybridized carbons (Fsp3) is 0. The second kappa shape index (κ2) is 10.5. The minimum absolute atomic E-state index is 0.269. The van der Waals surface area contributed by atoms with E-state index >= 15 is 0 Å². The zero-order valence-corrected chi connectivity index (χ0v) is 19.6. The number of para-hydroxylation sites is 1. The molecule has 1 aromatic heterocycles. The third-order valence-electron chi connectivity index (χ3n) is 4.50. The number of fused-ring (bicyclic) bond motifs is 1. The van der Waals surface area contributed by atoms with Crippen LogP contribution >= 0.6 is 34.5 Å². The van der Waals surface area contributed by atoms with E-state index in [1.807, 2.05) is 24.3 Å². The highest BCUT2D eigenvalue weighted by molar-refractivity contribution is 7.21. The highest BCUT2D eigenvalue weighted by atomic mass is 35.5. The third kappa shape index (κ3) is 5.43. The second-order valence-corrected chi connectivity index (χ2v) is 8.67. The van der Waals surface area contributed by atoms with Crippen molar-refractivity contribution < 1.29 is 19.1 Å². The molecule has 0 unspecified atom stereocenters. The van der Waals surface area contributed by atoms with Gasteiger partial charge in [0, 0.05) is 10.1 Å². The number of benzene rings is 3. The van der Waals surface area contributed by atoms with Gasteiger partial charge in [-0.15, -0.1) is 11.3 Å². The predicted molar refractivity (Wildman–Crippen MR) is 134 cm³/mol. The van der Waals surface area contributed by atoms with Crippen molar-refractivity contribution in [2.24, 2.45) is 5.10 Å². The summed E-state index contributed by atoms with van der Waals surface area (Å²) in [5.74, 6) is -2.21. The average molecular weight is 512 g/mol. The summed E-state index contributed by atoms with van der Waals surface area (Å²) in [5, 5.41) is 7.60. The molecule has 2 N–H and O–H groups in total. The molecule has 0 atom stereocenters. The van der Waals surface area contributed by atoms with Crippen LogP contribution in [0.25, 0.3) is 10.1 Å². The van der Waals surface area contributed by atoms with Crippen LogP contribution in [0.4, 0.5) is 5.69 Å². The number of halogens is 2. The Balaban J connectivity index is 1.38. The Morgan fingerprint density at radius 1 is 0.912 bits per heavy atom. The van der Waals surface area contributed by atoms with Crippen LogP contribution in [0.5, 0.6) is 5.75 Å². The van der Waals surface area contributed by atoms with Crippen LogP contribution in [-0.2, 0) is 9.59 Å². The first kappa shape index (κ1) is 23.4. The smallest absolute Gasteiger partial charge is 0.355 e. The van der Waals surface area contributed by atoms with Gasteiger partial charge >= 0.3 is 17.8 Å². The topological polar surface area (TPSA) is 96.9 Å². The lowest BCUT2D eigenvalue weighted by molar-refractivity contribution is -0.136. The monoisotopic (exact) mass is 511 g/mol. The third-order valence-corrected chi connectivity index (χ3v) is 6.48. The van der Waals surface area contributed by atoms with Crippen LogP contribution in [0.3, 0.4) is 0 Å². The summed E-state index contributed by atoms with van der Waals surface area (Å²) < 4.78 is 6.34. The number of carbonyl (C=O) groups is 3. The summed E-state index contributed by atoms with van der Waals surface area (Å²) in [6.45, 7) is 0. The molecule has 7 nitrogen and oxygen atoms in total. The molecular formula is C24H15Cl2N3O4S. The standard InChI is InChI=1S/C24H15Cl2N3O4S/c25-17-9-2-3-10-18(17)28-22(30)23(31)29-27-13-14-6-5-7-15(12-14)33-24(32)21-20(26)16-8-1-4-11-19(16)34-21/h1-13H,(H,28,30)(H,29,31). The number of nitrogens with one attached hydrogen (secondary N) is 2. The number of hydrogen-bond acceptors (Lipinski definition) is 6. The van der Waals surface area contributed by atoms with Crippen LogP contribution in [0.1, 0.15) is 15.2 Å². The van der Waals surface area contributed by atoms with Crippen molar-refractivity contribution in [3.8, 4) is 5.75 Å². The quantitative estimate of drug-likeness (QED) is 0.121. The predicted octanol–water partition coefficient (Wildman–Crippen LogP) is 5.52. The highest BCUT2D eigenvalue weighted by Crippen LogP contribution is 2.35. The zero-order valence-electron chi connectivity index (χ0n) is 17.2. The van der Waals surface area contributed by atoms with Gasteiger partial charge in [-0.05, 0) is 35.9 Å². The van der Waals surface area contributed by atoms with E-state index in [9.17, 15) is 14.4 Å². The summed E-state index contributed by atoms with van der Waals surface area (Å²) in [6, 6.07) is 20.4. The van der Waals surface area contributed by atoms with Gasteiger partial charge in [0.05, 0.1) is 21.9 Å². The SMILES string of the molecule is O=C(NN=Cc1cccc(OC(=O)c2sc3ccccc3c2Cl)c1)C(=O)Nc1ccccc1Cl. The van der Waals surface area contributed by atoms with E-state index in [0.717, 1.165) is 10.1 Å². The summed E-state index contributed by atoms with van der Waals surface area (Å²) in [7, 11) is 0. The minimum atomic E-state index is -0.974. The van der Waals surface area contributed by atoms with Crippen LogP contribution in [-0.4, -0.2) is 24.0 Å². The van der Waals surface area contributed by atoms with E-state index in [0.29, 0.717) is 26.2 Å². The molecule has 0 saturated carbocycles. The van der Waals surface area contributed by atoms with Crippen molar-refractivity contribution in [2.75, 3.05) is 5.32 Å². The number of esters is 1. The molecule has 10 heteroatoms. The summed E-state index contributed by atoms with van der Waals surface area (Å²) in [4.78, 5) is 36.9. The van der Waals surface area contributed by atoms with Gasteiger partial charge in [0.15, 0.2) is 0 Å². The first-order valence-electron chi connectivity index (χ1n) is 9.80. The molecular weight excluding hydrogens is 497 g/mol. The molecule has 1 heterocycles. The maximum absolute atomic E-state index is 12.6. The van der Waals surface area contributed by atoms with Gasteiger partial charge in [0.1, 0.15) is 10.6 Å². The van der Waals surface area contributed by atoms with Crippen molar-refractivity contribution in [1.29, 1.82) is 0 Å². The number of thiophene rings is 1. The summed E-state index contributed by atoms with van der Waals surface area (Å²) >= 11 is 13.5. The molecule has 0 aliphatic rings. The van der Waals surface area contributed by atoms with Gasteiger partial charge < -0.3 is 10.1 Å². The van der Waals surface area contributed by atoms with E-state index in [1.165, 1.54) is 17.6 Å². The molecule has 2 amide bonds. The van der Waals surface area contributed by atoms with E-state index in [4.69, 9.17) is 27.9 Å². The highest BCUT2D eigenvalue weighted by Gasteiger charge is 2.19. The molecule has 0 fully saturated rings. The first-order valence-corrected chi connectivity index (χ1v) is 11.4. The lowest BCUT2D eigenvalue weighted by Crippen LogP contribution is -2.32. The van der Waals surface area contributed by atoms with Gasteiger partial charge in [-0.2, -0.15) is 5.10 Å². The molecule has 170 valence electrons. The molecule has 3 aromatic carbocycles. The Morgan fingerprint density at radius 3 is 2.47 bits per heavy atom. The number of amides is 2. The fourth-order valence-electron chi connectivity index (χ4n) is 2.91. The molecule has 4 rings (SSSR count). The van der Waals surface area contributed by atoms with Crippen molar-refractivity contribution in [3.05, 3.63) is 93.3 Å². The van der Waals surface area contributed by atoms with Gasteiger partial charge in [-0.3, -0.25) is 9.59 Å². The van der Waals surface area contributed by atoms with Crippen molar-refractivity contribution in [1.82, 2.24) is 5.43 Å². The number of anilines is 1. The Labute approximate surface area is 207 Å². The first-order chi connectivity index (χ1) is 16.4. The second-order valence-electron chi connectivity index (χ2n) is 6.84. The van der Waals surface area contributed by atoms with E-state index in [2.05, 4.69) is 15.8 Å². The molecule has 0 aliphatic heterocycles. The minimum Gasteiger partial charge on any atom is -0.422 e. The van der Waals surface area contributed by atoms with Crippen molar-refractivity contribution in [3.63, 3.8) is 0 Å². The summed E-state index contributed by atoms with van der Waals surface area (Å²) in [5.41, 5.74) is 2.97. The molecule has 0 radical (unpaired) electrons. The van der Waals surface area contributed by atoms with Crippen molar-refractivity contribution in [2.45, 2.75) is 0 Å². The Kier molecular flexibility index (Phi) is 7.22. The number of ether oxygens (including phenoxy) is 1. The lowest BCUT2D eigenvalue weighted by atomic mass is 10.2. The van der Waals surface area contributed by atoms with Crippen LogP contribution in [0.15, 0.2) is 77.9 Å². The van der Waals surface area contributed by atoms with Gasteiger partial charge in [0.2, 0.25) is 0 Å². The number of hydrogen-bond donors (Lipinski definition) is 2. The Hall–Kier alpha value is -3.72. The van der Waals surface area contributed by atoms with Gasteiger partial charge in [0.25, 0.3) is 0 Å². The average Bonchev–Trinajstić information content (AvgIpc) is 3.17. The van der Waals surface area contributed by atoms with Crippen LogP contribution < -0.4 is 15.5 Å². The number of carbonyl (C=O) groups excluding carboxylic acids is 3. The number of hydrazone groups is 1. The maximum Gasteiger partial charge on any atom is 0.355 e. The van der Waals surface area contributed by atoms with E-state index < -0.39 is 17.8 Å². The molecule has 0 aliphatic carbocycles. The van der Waals surface area contributed by atoms with Crippen LogP contribution in [0.2, 0.25) is 10.0 Å². The molecule has 34 heavy (non-hydrogen) atoms. The van der Waals surface area contributed by atoms with Gasteiger partial charge in [-0.1, -0.05) is 65.7 Å². The normalized spacial score (nSPS) is 10.9. The fourth-order valence-corrected chi connectivity index (χ4v) is 4.48. The Bertz CT molecular complexity index is 1430. The zero-order chi connectivity index (χ0) is 24.1. The Morgan fingerprint density at radius 2 is 1.68 bits per heavy atom. The van der Waals surface area contributed by atoms with Gasteiger partial charge in [-0.25, -0.2) is 10.2 Å². The maximum atomic E-state index is 12.6. The lowest BCUT2D eigenvalue weighted by Gasteiger charge is -2.05. The number of rotatable bonds is 5. The van der Waals surface area contributed by atoms with Crippen LogP contribution in [0, 0.1) is 0 Å². The molecule has 4 aromatic rings. The van der Waals surface area contributed by atoms with E-state index in [1.54, 1.807) is 48.5 Å². The molecule has 0 spiro atoms. The number of nitrogens with zero attached hydrogens (tertiary/aromatic N) is 1. The summed E-state index contributed by atoms with van der Waals surface area (Å²) in [6.07, 6.45) is 1.31.